The quantitative estimate of drug-likeness (QED) is 0.179. The molecule has 3 N–H and O–H groups in total. The predicted molar refractivity (Wildman–Crippen MR) is 123 cm³/mol. The molecule has 0 aliphatic rings. The number of amides is 2. The van der Waals surface area contributed by atoms with Crippen LogP contribution in [0.15, 0.2) is 54.6 Å². The van der Waals surface area contributed by atoms with Gasteiger partial charge in [0.2, 0.25) is 0 Å². The molecule has 0 heterocycles. The largest absolute Gasteiger partial charge is 0.506 e. The third-order valence-corrected chi connectivity index (χ3v) is 5.68. The highest BCUT2D eigenvalue weighted by molar-refractivity contribution is 6.09. The number of phenolic OH excluding ortho intramolecular Hbond substituents is 1. The lowest BCUT2D eigenvalue weighted by molar-refractivity contribution is -0.348. The van der Waals surface area contributed by atoms with Gasteiger partial charge in [0.05, 0.1) is 22.4 Å². The van der Waals surface area contributed by atoms with Crippen LogP contribution in [0.25, 0.3) is 0 Å². The molecule has 6 nitrogen and oxygen atoms in total. The van der Waals surface area contributed by atoms with Gasteiger partial charge in [0.1, 0.15) is 11.4 Å². The minimum atomic E-state index is -6.74. The van der Waals surface area contributed by atoms with E-state index in [2.05, 4.69) is 4.74 Å². The van der Waals surface area contributed by atoms with Gasteiger partial charge in [0.15, 0.2) is 11.6 Å². The van der Waals surface area contributed by atoms with Crippen molar-refractivity contribution in [2.24, 2.45) is 0 Å². The van der Waals surface area contributed by atoms with Crippen LogP contribution in [-0.2, 0) is 11.8 Å². The van der Waals surface area contributed by atoms with E-state index in [1.165, 1.54) is 5.32 Å². The molecule has 0 aliphatic heterocycles. The fourth-order valence-corrected chi connectivity index (χ4v) is 3.70. The van der Waals surface area contributed by atoms with Gasteiger partial charge in [-0.1, -0.05) is 18.2 Å². The van der Waals surface area contributed by atoms with Crippen molar-refractivity contribution in [1.82, 2.24) is 0 Å². The van der Waals surface area contributed by atoms with Gasteiger partial charge in [-0.25, -0.2) is 8.78 Å². The highest BCUT2D eigenvalue weighted by Gasteiger charge is 2.73. The van der Waals surface area contributed by atoms with Crippen molar-refractivity contribution in [3.05, 3.63) is 82.7 Å². The Morgan fingerprint density at radius 2 is 1.30 bits per heavy atom. The number of rotatable bonds is 7. The first-order valence-electron chi connectivity index (χ1n) is 11.3. The summed E-state index contributed by atoms with van der Waals surface area (Å²) in [6, 6.07) is 4.53. The van der Waals surface area contributed by atoms with E-state index in [1.54, 1.807) is 5.32 Å². The molecule has 19 heteroatoms. The standard InChI is InChI=1S/C25H13F13N2O4/c26-17-12(5-3-7-14(17)39-19(42)11-4-1-2-6-13(11)23(30,31)32)20(43)40-18-15(41)8-10(9-16(18)44-21(27)28)22(29,24(33,34)35)25(36,37)38/h1-9,21,41H,(H,39,42)(H,40,43). The fourth-order valence-electron chi connectivity index (χ4n) is 3.70. The number of nitrogens with one attached hydrogen (secondary N) is 2. The van der Waals surface area contributed by atoms with Gasteiger partial charge in [-0.05, 0) is 36.4 Å². The molecule has 0 saturated carbocycles. The number of anilines is 2. The van der Waals surface area contributed by atoms with Gasteiger partial charge in [-0.3, -0.25) is 9.59 Å². The maximum atomic E-state index is 15.1. The molecule has 3 rings (SSSR count). The topological polar surface area (TPSA) is 87.7 Å². The molecule has 0 unspecified atom stereocenters. The molecule has 0 aliphatic carbocycles. The van der Waals surface area contributed by atoms with Crippen molar-refractivity contribution in [2.75, 3.05) is 10.6 Å². The summed E-state index contributed by atoms with van der Waals surface area (Å²) in [5, 5.41) is 13.3. The third kappa shape index (κ3) is 6.60. The first kappa shape index (κ1) is 33.8. The number of halogens is 13. The zero-order valence-electron chi connectivity index (χ0n) is 20.9. The number of phenols is 1. The number of benzene rings is 3. The van der Waals surface area contributed by atoms with Crippen molar-refractivity contribution < 1.29 is 76.5 Å². The summed E-state index contributed by atoms with van der Waals surface area (Å²) in [6.07, 6.45) is -18.5. The lowest BCUT2D eigenvalue weighted by atomic mass is 9.93. The number of carbonyl (C=O) groups is 2. The van der Waals surface area contributed by atoms with Crippen LogP contribution in [0.5, 0.6) is 11.5 Å². The van der Waals surface area contributed by atoms with E-state index >= 15 is 4.39 Å². The normalized spacial score (nSPS) is 12.7. The molecule has 3 aromatic carbocycles. The summed E-state index contributed by atoms with van der Waals surface area (Å²) in [5.74, 6) is -8.61. The number of aromatic hydroxyl groups is 1. The van der Waals surface area contributed by atoms with Gasteiger partial charge in [0.25, 0.3) is 11.8 Å². The van der Waals surface area contributed by atoms with E-state index in [4.69, 9.17) is 0 Å². The van der Waals surface area contributed by atoms with Gasteiger partial charge < -0.3 is 20.5 Å². The first-order chi connectivity index (χ1) is 20.1. The Hall–Kier alpha value is -4.71. The fraction of sp³-hybridized carbons (Fsp3) is 0.200. The highest BCUT2D eigenvalue weighted by Crippen LogP contribution is 2.55. The van der Waals surface area contributed by atoms with Crippen LogP contribution < -0.4 is 15.4 Å². The summed E-state index contributed by atoms with van der Waals surface area (Å²) in [6.45, 7) is -4.03. The Bertz CT molecular complexity index is 1550. The van der Waals surface area contributed by atoms with Crippen LogP contribution in [-0.4, -0.2) is 35.9 Å². The summed E-state index contributed by atoms with van der Waals surface area (Å²) in [7, 11) is 0. The van der Waals surface area contributed by atoms with Crippen LogP contribution in [0.4, 0.5) is 68.5 Å². The van der Waals surface area contributed by atoms with E-state index in [9.17, 15) is 67.4 Å². The minimum Gasteiger partial charge on any atom is -0.506 e. The van der Waals surface area contributed by atoms with Crippen LogP contribution >= 0.6 is 0 Å². The maximum absolute atomic E-state index is 15.1. The van der Waals surface area contributed by atoms with Gasteiger partial charge in [-0.2, -0.15) is 48.3 Å². The molecule has 0 radical (unpaired) electrons. The van der Waals surface area contributed by atoms with Crippen molar-refractivity contribution >= 4 is 23.2 Å². The van der Waals surface area contributed by atoms with E-state index in [-0.39, 0.29) is 0 Å². The van der Waals surface area contributed by atoms with Crippen molar-refractivity contribution in [3.63, 3.8) is 0 Å². The lowest BCUT2D eigenvalue weighted by Crippen LogP contribution is -2.50. The molecule has 3 aromatic rings. The van der Waals surface area contributed by atoms with Gasteiger partial charge in [0, 0.05) is 5.56 Å². The van der Waals surface area contributed by atoms with Crippen LogP contribution in [0.3, 0.4) is 0 Å². The maximum Gasteiger partial charge on any atom is 0.435 e. The number of ether oxygens (including phenoxy) is 1. The molecular formula is C25H13F13N2O4. The Kier molecular flexibility index (Phi) is 9.03. The van der Waals surface area contributed by atoms with Crippen LogP contribution in [0.1, 0.15) is 31.8 Å². The average molecular weight is 652 g/mol. The Morgan fingerprint density at radius 1 is 0.750 bits per heavy atom. The molecular weight excluding hydrogens is 639 g/mol. The second kappa shape index (κ2) is 11.8. The van der Waals surface area contributed by atoms with E-state index < -0.39 is 106 Å². The third-order valence-electron chi connectivity index (χ3n) is 5.68. The minimum absolute atomic E-state index is 0.500. The SMILES string of the molecule is O=C(Nc1cccc(C(=O)Nc2c(O)cc(C(F)(C(F)(F)F)C(F)(F)F)cc2OC(F)F)c1F)c1ccccc1C(F)(F)F. The Labute approximate surface area is 236 Å². The molecule has 2 amide bonds. The zero-order valence-corrected chi connectivity index (χ0v) is 20.9. The molecule has 0 fully saturated rings. The van der Waals surface area contributed by atoms with Crippen LogP contribution in [0, 0.1) is 5.82 Å². The number of hydrogen-bond acceptors (Lipinski definition) is 4. The average Bonchev–Trinajstić information content (AvgIpc) is 2.88. The molecule has 0 aromatic heterocycles. The highest BCUT2D eigenvalue weighted by atomic mass is 19.4. The molecule has 0 atom stereocenters. The van der Waals surface area contributed by atoms with Crippen molar-refractivity contribution in [3.8, 4) is 11.5 Å². The number of hydrogen-bond donors (Lipinski definition) is 3. The van der Waals surface area contributed by atoms with Crippen molar-refractivity contribution in [2.45, 2.75) is 30.8 Å². The summed E-state index contributed by atoms with van der Waals surface area (Å²) in [4.78, 5) is 25.2. The van der Waals surface area contributed by atoms with E-state index in [0.717, 1.165) is 30.3 Å². The molecule has 0 saturated heterocycles. The Morgan fingerprint density at radius 3 is 1.84 bits per heavy atom. The second-order valence-electron chi connectivity index (χ2n) is 8.52. The second-order valence-corrected chi connectivity index (χ2v) is 8.52. The monoisotopic (exact) mass is 652 g/mol. The smallest absolute Gasteiger partial charge is 0.435 e. The van der Waals surface area contributed by atoms with Gasteiger partial charge in [-0.15, -0.1) is 0 Å². The Balaban J connectivity index is 2.02. The molecule has 44 heavy (non-hydrogen) atoms. The van der Waals surface area contributed by atoms with E-state index in [0.29, 0.717) is 12.1 Å². The predicted octanol–water partition coefficient (Wildman–Crippen LogP) is 7.95. The molecule has 0 spiro atoms. The zero-order chi connectivity index (χ0) is 33.4. The number of carbonyl (C=O) groups excluding carboxylic acids is 2. The first-order valence-corrected chi connectivity index (χ1v) is 11.3. The number of alkyl halides is 12. The van der Waals surface area contributed by atoms with Crippen molar-refractivity contribution in [1.29, 1.82) is 0 Å². The van der Waals surface area contributed by atoms with Crippen LogP contribution in [0.2, 0.25) is 0 Å². The summed E-state index contributed by atoms with van der Waals surface area (Å²) < 4.78 is 178. The van der Waals surface area contributed by atoms with Gasteiger partial charge >= 0.3 is 30.8 Å². The summed E-state index contributed by atoms with van der Waals surface area (Å²) in [5.41, 5.74) is -14.6. The van der Waals surface area contributed by atoms with E-state index in [1.807, 2.05) is 0 Å². The summed E-state index contributed by atoms with van der Waals surface area (Å²) >= 11 is 0. The molecule has 238 valence electrons. The molecule has 0 bridgehead atoms. The lowest BCUT2D eigenvalue weighted by Gasteiger charge is -2.31.